The van der Waals surface area contributed by atoms with E-state index in [-0.39, 0.29) is 18.2 Å². The first-order valence-corrected chi connectivity index (χ1v) is 10.0. The van der Waals surface area contributed by atoms with Crippen LogP contribution in [-0.2, 0) is 16.0 Å². The molecule has 7 nitrogen and oxygen atoms in total. The number of anilines is 1. The van der Waals surface area contributed by atoms with Gasteiger partial charge in [-0.25, -0.2) is 0 Å². The van der Waals surface area contributed by atoms with Crippen molar-refractivity contribution in [2.45, 2.75) is 38.5 Å². The molecule has 0 aromatic heterocycles. The number of amides is 1. The number of ether oxygens (including phenoxy) is 3. The molecule has 0 saturated heterocycles. The Morgan fingerprint density at radius 2 is 1.80 bits per heavy atom. The third-order valence-electron chi connectivity index (χ3n) is 5.05. The molecule has 2 aromatic carbocycles. The van der Waals surface area contributed by atoms with Gasteiger partial charge in [0.1, 0.15) is 17.2 Å². The van der Waals surface area contributed by atoms with Crippen molar-refractivity contribution in [3.63, 3.8) is 0 Å². The molecule has 0 fully saturated rings. The highest BCUT2D eigenvalue weighted by molar-refractivity contribution is 5.90. The third-order valence-corrected chi connectivity index (χ3v) is 5.05. The SMILES string of the molecule is COc1cc(OCCCOc2ccc3c(c2)CC[C@H]3CC(=O)O)ccc1NC(C)=O. The summed E-state index contributed by atoms with van der Waals surface area (Å²) in [4.78, 5) is 22.2. The summed E-state index contributed by atoms with van der Waals surface area (Å²) in [5, 5.41) is 11.7. The molecule has 1 aliphatic rings. The molecule has 2 N–H and O–H groups in total. The summed E-state index contributed by atoms with van der Waals surface area (Å²) in [5.74, 6) is 1.18. The van der Waals surface area contributed by atoms with Crippen LogP contribution in [-0.4, -0.2) is 37.3 Å². The van der Waals surface area contributed by atoms with Gasteiger partial charge in [0, 0.05) is 19.4 Å². The van der Waals surface area contributed by atoms with E-state index in [2.05, 4.69) is 5.32 Å². The quantitative estimate of drug-likeness (QED) is 0.572. The molecule has 3 rings (SSSR count). The summed E-state index contributed by atoms with van der Waals surface area (Å²) >= 11 is 0. The first kappa shape index (κ1) is 21.5. The number of carboxylic acids is 1. The van der Waals surface area contributed by atoms with Crippen LogP contribution in [0.25, 0.3) is 0 Å². The first-order chi connectivity index (χ1) is 14.5. The fourth-order valence-electron chi connectivity index (χ4n) is 3.69. The van der Waals surface area contributed by atoms with Gasteiger partial charge in [0.15, 0.2) is 0 Å². The second-order valence-electron chi connectivity index (χ2n) is 7.29. The van der Waals surface area contributed by atoms with Crippen LogP contribution in [0.3, 0.4) is 0 Å². The van der Waals surface area contributed by atoms with Crippen molar-refractivity contribution in [3.05, 3.63) is 47.5 Å². The van der Waals surface area contributed by atoms with E-state index in [0.717, 1.165) is 24.2 Å². The molecule has 7 heteroatoms. The van der Waals surface area contributed by atoms with Crippen molar-refractivity contribution in [3.8, 4) is 17.2 Å². The zero-order valence-electron chi connectivity index (χ0n) is 17.3. The predicted molar refractivity (Wildman–Crippen MR) is 113 cm³/mol. The van der Waals surface area contributed by atoms with E-state index in [1.54, 1.807) is 25.3 Å². The van der Waals surface area contributed by atoms with Gasteiger partial charge in [-0.3, -0.25) is 9.59 Å². The van der Waals surface area contributed by atoms with Gasteiger partial charge in [-0.2, -0.15) is 0 Å². The number of hydrogen-bond acceptors (Lipinski definition) is 5. The molecular weight excluding hydrogens is 386 g/mol. The van der Waals surface area contributed by atoms with Gasteiger partial charge in [0.25, 0.3) is 0 Å². The second-order valence-corrected chi connectivity index (χ2v) is 7.29. The van der Waals surface area contributed by atoms with Crippen LogP contribution in [0.15, 0.2) is 36.4 Å². The molecule has 160 valence electrons. The number of aliphatic carboxylic acids is 1. The van der Waals surface area contributed by atoms with Gasteiger partial charge in [-0.1, -0.05) is 6.07 Å². The van der Waals surface area contributed by atoms with Gasteiger partial charge in [0.05, 0.1) is 32.4 Å². The van der Waals surface area contributed by atoms with Gasteiger partial charge in [-0.05, 0) is 54.2 Å². The minimum absolute atomic E-state index is 0.106. The highest BCUT2D eigenvalue weighted by Crippen LogP contribution is 2.37. The van der Waals surface area contributed by atoms with Crippen molar-refractivity contribution in [2.24, 2.45) is 0 Å². The van der Waals surface area contributed by atoms with E-state index in [0.29, 0.717) is 36.8 Å². The molecule has 1 aliphatic carbocycles. The number of aryl methyl sites for hydroxylation is 1. The molecule has 2 aromatic rings. The van der Waals surface area contributed by atoms with Gasteiger partial charge in [-0.15, -0.1) is 0 Å². The molecular formula is C23H27NO6. The number of carboxylic acid groups (broad SMARTS) is 1. The van der Waals surface area contributed by atoms with Crippen LogP contribution >= 0.6 is 0 Å². The highest BCUT2D eigenvalue weighted by atomic mass is 16.5. The Labute approximate surface area is 176 Å². The minimum atomic E-state index is -0.754. The Balaban J connectivity index is 1.45. The fraction of sp³-hybridized carbons (Fsp3) is 0.391. The molecule has 0 spiro atoms. The summed E-state index contributed by atoms with van der Waals surface area (Å²) in [5.41, 5.74) is 2.91. The molecule has 0 heterocycles. The Hall–Kier alpha value is -3.22. The van der Waals surface area contributed by atoms with E-state index in [9.17, 15) is 9.59 Å². The summed E-state index contributed by atoms with van der Waals surface area (Å²) in [7, 11) is 1.54. The lowest BCUT2D eigenvalue weighted by molar-refractivity contribution is -0.137. The number of carbonyl (C=O) groups excluding carboxylic acids is 1. The molecule has 0 saturated carbocycles. The molecule has 0 unspecified atom stereocenters. The number of rotatable bonds is 10. The predicted octanol–water partition coefficient (Wildman–Crippen LogP) is 4.01. The topological polar surface area (TPSA) is 94.1 Å². The Morgan fingerprint density at radius 1 is 1.10 bits per heavy atom. The van der Waals surface area contributed by atoms with Crippen LogP contribution in [0.1, 0.15) is 43.2 Å². The molecule has 1 amide bonds. The summed E-state index contributed by atoms with van der Waals surface area (Å²) < 4.78 is 16.9. The van der Waals surface area contributed by atoms with Crippen LogP contribution in [0, 0.1) is 0 Å². The average Bonchev–Trinajstić information content (AvgIpc) is 3.09. The molecule has 0 bridgehead atoms. The molecule has 0 radical (unpaired) electrons. The van der Waals surface area contributed by atoms with Crippen LogP contribution in [0.4, 0.5) is 5.69 Å². The monoisotopic (exact) mass is 413 g/mol. The van der Waals surface area contributed by atoms with E-state index >= 15 is 0 Å². The minimum Gasteiger partial charge on any atom is -0.494 e. The molecule has 1 atom stereocenters. The lowest BCUT2D eigenvalue weighted by Gasteiger charge is -2.13. The Bertz CT molecular complexity index is 911. The van der Waals surface area contributed by atoms with E-state index < -0.39 is 5.97 Å². The summed E-state index contributed by atoms with van der Waals surface area (Å²) in [6.07, 6.45) is 2.66. The standard InChI is InChI=1S/C23H27NO6/c1-15(25)24-21-9-7-19(14-22(21)28-2)30-11-3-10-29-18-6-8-20-16(12-18)4-5-17(20)13-23(26)27/h6-9,12,14,17H,3-5,10-11,13H2,1-2H3,(H,24,25)(H,26,27)/t17-/m0/s1. The normalized spacial score (nSPS) is 14.7. The number of nitrogens with one attached hydrogen (secondary N) is 1. The third kappa shape index (κ3) is 5.65. The van der Waals surface area contributed by atoms with E-state index in [4.69, 9.17) is 19.3 Å². The smallest absolute Gasteiger partial charge is 0.303 e. The van der Waals surface area contributed by atoms with Gasteiger partial charge < -0.3 is 24.6 Å². The van der Waals surface area contributed by atoms with Crippen LogP contribution in [0.5, 0.6) is 17.2 Å². The largest absolute Gasteiger partial charge is 0.494 e. The lowest BCUT2D eigenvalue weighted by Crippen LogP contribution is -2.08. The van der Waals surface area contributed by atoms with Crippen molar-refractivity contribution in [2.75, 3.05) is 25.6 Å². The Morgan fingerprint density at radius 3 is 2.47 bits per heavy atom. The van der Waals surface area contributed by atoms with Gasteiger partial charge >= 0.3 is 5.97 Å². The van der Waals surface area contributed by atoms with Crippen LogP contribution < -0.4 is 19.5 Å². The van der Waals surface area contributed by atoms with Crippen molar-refractivity contribution >= 4 is 17.6 Å². The number of fused-ring (bicyclic) bond motifs is 1. The maximum Gasteiger partial charge on any atom is 0.303 e. The maximum absolute atomic E-state index is 11.2. The molecule has 0 aliphatic heterocycles. The number of benzene rings is 2. The highest BCUT2D eigenvalue weighted by Gasteiger charge is 2.24. The van der Waals surface area contributed by atoms with E-state index in [1.807, 2.05) is 18.2 Å². The zero-order chi connectivity index (χ0) is 21.5. The summed E-state index contributed by atoms with van der Waals surface area (Å²) in [6.45, 7) is 2.44. The summed E-state index contributed by atoms with van der Waals surface area (Å²) in [6, 6.07) is 11.2. The van der Waals surface area contributed by atoms with Crippen molar-refractivity contribution in [1.29, 1.82) is 0 Å². The average molecular weight is 413 g/mol. The zero-order valence-corrected chi connectivity index (χ0v) is 17.3. The van der Waals surface area contributed by atoms with Crippen molar-refractivity contribution < 1.29 is 28.9 Å². The number of methoxy groups -OCH3 is 1. The second kappa shape index (κ2) is 10.0. The number of hydrogen-bond donors (Lipinski definition) is 2. The Kier molecular flexibility index (Phi) is 7.17. The first-order valence-electron chi connectivity index (χ1n) is 10.0. The van der Waals surface area contributed by atoms with Crippen LogP contribution in [0.2, 0.25) is 0 Å². The number of carbonyl (C=O) groups is 2. The fourth-order valence-corrected chi connectivity index (χ4v) is 3.69. The lowest BCUT2D eigenvalue weighted by atomic mass is 9.98. The van der Waals surface area contributed by atoms with Gasteiger partial charge in [0.2, 0.25) is 5.91 Å². The maximum atomic E-state index is 11.2. The van der Waals surface area contributed by atoms with E-state index in [1.165, 1.54) is 12.5 Å². The molecule has 30 heavy (non-hydrogen) atoms. The van der Waals surface area contributed by atoms with Crippen molar-refractivity contribution in [1.82, 2.24) is 0 Å².